The van der Waals surface area contributed by atoms with Crippen LogP contribution in [0.5, 0.6) is 0 Å². The number of guanidine groups is 1. The molecule has 0 aromatic heterocycles. The number of rotatable bonds is 20. The number of aliphatic hydroxyl groups is 10. The van der Waals surface area contributed by atoms with Gasteiger partial charge in [-0.05, 0) is 141 Å². The maximum atomic E-state index is 15.3. The summed E-state index contributed by atoms with van der Waals surface area (Å²) in [6, 6.07) is -1.81. The number of fused-ring (bicyclic) bond motifs is 2. The summed E-state index contributed by atoms with van der Waals surface area (Å²) in [5.41, 5.74) is 0. The zero-order valence-corrected chi connectivity index (χ0v) is 58.6. The van der Waals surface area contributed by atoms with Crippen LogP contribution >= 0.6 is 0 Å². The number of allylic oxidation sites excluding steroid dienone is 12. The number of nitrogens with one attached hydrogen (secondary N) is 3. The average molecular weight is 1350 g/mol. The maximum Gasteiger partial charge on any atom is 0.324 e. The third-order valence-corrected chi connectivity index (χ3v) is 16.9. The Morgan fingerprint density at radius 1 is 0.589 bits per heavy atom. The highest BCUT2D eigenvalue weighted by atomic mass is 16.7. The van der Waals surface area contributed by atoms with Crippen molar-refractivity contribution in [3.63, 3.8) is 0 Å². The number of aliphatic hydroxyl groups excluding tert-OH is 9. The van der Waals surface area contributed by atoms with Crippen molar-refractivity contribution in [1.82, 2.24) is 40.4 Å². The number of amides is 3. The summed E-state index contributed by atoms with van der Waals surface area (Å²) in [5.74, 6) is -5.96. The third-order valence-electron chi connectivity index (χ3n) is 16.9. The first-order chi connectivity index (χ1) is 44.9. The summed E-state index contributed by atoms with van der Waals surface area (Å²) < 4.78 is 25.0. The molecule has 2 saturated heterocycles. The molecule has 3 aliphatic heterocycles. The Bertz CT molecular complexity index is 2450. The van der Waals surface area contributed by atoms with Gasteiger partial charge in [0, 0.05) is 63.7 Å². The number of carbonyl (C=O) groups is 3. The monoisotopic (exact) mass is 1350 g/mol. The first-order valence-electron chi connectivity index (χ1n) is 33.9. The smallest absolute Gasteiger partial charge is 0.324 e. The van der Waals surface area contributed by atoms with Crippen LogP contribution in [0.25, 0.3) is 0 Å². The molecule has 544 valence electrons. The minimum Gasteiger partial charge on any atom is -0.462 e. The molecule has 0 saturated carbocycles. The van der Waals surface area contributed by atoms with Crippen LogP contribution in [-0.4, -0.2) is 306 Å². The largest absolute Gasteiger partial charge is 0.462 e. The van der Waals surface area contributed by atoms with Gasteiger partial charge in [0.25, 0.3) is 0 Å². The van der Waals surface area contributed by atoms with E-state index < -0.39 is 153 Å². The topological polar surface area (TPSA) is 355 Å². The highest BCUT2D eigenvalue weighted by Crippen LogP contribution is 2.39. The van der Waals surface area contributed by atoms with Crippen molar-refractivity contribution in [1.29, 1.82) is 0 Å². The van der Waals surface area contributed by atoms with Crippen LogP contribution in [0.2, 0.25) is 0 Å². The van der Waals surface area contributed by atoms with Gasteiger partial charge in [0.1, 0.15) is 18.3 Å². The van der Waals surface area contributed by atoms with Gasteiger partial charge in [-0.2, -0.15) is 0 Å². The van der Waals surface area contributed by atoms with E-state index in [2.05, 4.69) is 20.9 Å². The Hall–Kier alpha value is -4.82. The molecular weight excluding hydrogens is 1230 g/mol. The van der Waals surface area contributed by atoms with E-state index in [0.29, 0.717) is 45.0 Å². The van der Waals surface area contributed by atoms with Crippen LogP contribution in [0.3, 0.4) is 0 Å². The van der Waals surface area contributed by atoms with Crippen molar-refractivity contribution >= 4 is 23.9 Å². The average Bonchev–Trinajstić information content (AvgIpc) is 0.785. The summed E-state index contributed by atoms with van der Waals surface area (Å²) in [6.07, 6.45) is 5.40. The summed E-state index contributed by atoms with van der Waals surface area (Å²) in [7, 11) is 15.4. The van der Waals surface area contributed by atoms with Gasteiger partial charge in [0.15, 0.2) is 18.0 Å². The molecule has 3 rings (SSSR count). The fourth-order valence-corrected chi connectivity index (χ4v) is 11.3. The summed E-state index contributed by atoms with van der Waals surface area (Å²) >= 11 is 0. The molecule has 19 atom stereocenters. The van der Waals surface area contributed by atoms with E-state index in [1.807, 2.05) is 121 Å². The second-order valence-electron chi connectivity index (χ2n) is 26.8. The van der Waals surface area contributed by atoms with Crippen molar-refractivity contribution in [3.05, 3.63) is 85.1 Å². The Kier molecular flexibility index (Phi) is 40.0. The molecule has 0 aromatic carbocycles. The Balaban J connectivity index is 2.18. The van der Waals surface area contributed by atoms with E-state index >= 15 is 4.79 Å². The molecule has 26 heteroatoms. The van der Waals surface area contributed by atoms with E-state index in [-0.39, 0.29) is 44.7 Å². The molecule has 0 aliphatic carbocycles. The highest BCUT2D eigenvalue weighted by molar-refractivity contribution is 5.96. The predicted molar refractivity (Wildman–Crippen MR) is 366 cm³/mol. The fraction of sp³-hybridized carbons (Fsp3) is 0.739. The minimum absolute atomic E-state index is 0.0626. The second-order valence-corrected chi connectivity index (χ2v) is 26.8. The third kappa shape index (κ3) is 33.1. The standard InChI is InChI=1S/C69H121N9O17/c1-47-29-23-21-19-17-15-13-14-16-18-20-22-24-30-54(94-66-64(88)61(63(87)50(4)93-66)73-67(70-33-25-36-74(5)6)71-34-26-37-75(7)8)44-58-60(65(89)78(40-28-39-77(11)12)68(90)72-35-27-38-76(9)10)57(84)46-69(91,95-58)45-53(81)42-56(83)55(82)32-31-51(79)41-52(80)43-59(85)92-49(3)48(2)62(47)86/h13-24,29-30,47-58,60-64,66,79-84,86-88,91H,25-28,31-46H2,1-12H3,(H,72,90)(H2,70,71,73)/b14-13+,17-15+,18-16+,21-19+,22-20+,29-23+,30-24+/t47-,48-,49-,50-,51+,52+,53-,54-,55+,56+,57-,58-,60+,61+,62+,63+,64+,66-,69-/m0/s1. The molecule has 2 fully saturated rings. The van der Waals surface area contributed by atoms with Gasteiger partial charge >= 0.3 is 12.0 Å². The number of imide groups is 1. The summed E-state index contributed by atoms with van der Waals surface area (Å²) in [6.45, 7) is 10.7. The van der Waals surface area contributed by atoms with Gasteiger partial charge in [-0.15, -0.1) is 0 Å². The maximum absolute atomic E-state index is 15.3. The van der Waals surface area contributed by atoms with Gasteiger partial charge in [0.05, 0.1) is 79.4 Å². The van der Waals surface area contributed by atoms with Crippen LogP contribution in [-0.2, 0) is 28.5 Å². The van der Waals surface area contributed by atoms with Crippen LogP contribution in [0.4, 0.5) is 4.79 Å². The number of hydrogen-bond acceptors (Lipinski definition) is 22. The zero-order valence-electron chi connectivity index (χ0n) is 58.6. The lowest BCUT2D eigenvalue weighted by Crippen LogP contribution is -2.65. The first kappa shape index (κ1) is 84.4. The van der Waals surface area contributed by atoms with Crippen molar-refractivity contribution < 1.29 is 84.4 Å². The SMILES string of the molecule is C[C@@H]1[C@H](O)[C@@H](C)/C=C/C=C/C=C/C=C/C=C/C=C/C=C/[C@H](O[C@@H]2O[C@@H](C)[C@@H](O)[C@@H](NC(=NCCCN(C)C)NCCCN(C)C)[C@H]2O)C[C@@H]2O[C@@](O)(C[C@@H](O)C[C@@H](O)[C@H](O)CC[C@@H](O)C[C@@H](O)CC(=O)O[C@H]1C)C[C@H](O)[C@H]2C(=O)N(CCCN(C)C)C(=O)NCCCN(C)C. The summed E-state index contributed by atoms with van der Waals surface area (Å²) in [4.78, 5) is 56.1. The van der Waals surface area contributed by atoms with Gasteiger partial charge < -0.3 is 106 Å². The van der Waals surface area contributed by atoms with E-state index in [0.717, 1.165) is 30.8 Å². The molecule has 13 N–H and O–H groups in total. The fourth-order valence-electron chi connectivity index (χ4n) is 11.3. The van der Waals surface area contributed by atoms with Crippen molar-refractivity contribution in [2.45, 2.75) is 202 Å². The number of hydrogen-bond donors (Lipinski definition) is 13. The van der Waals surface area contributed by atoms with E-state index in [4.69, 9.17) is 23.9 Å². The quantitative estimate of drug-likeness (QED) is 0.0356. The van der Waals surface area contributed by atoms with Crippen LogP contribution < -0.4 is 16.0 Å². The number of cyclic esters (lactones) is 1. The molecule has 0 unspecified atom stereocenters. The predicted octanol–water partition coefficient (Wildman–Crippen LogP) is 1.55. The Morgan fingerprint density at radius 2 is 1.14 bits per heavy atom. The van der Waals surface area contributed by atoms with Crippen LogP contribution in [0.15, 0.2) is 90.1 Å². The zero-order chi connectivity index (χ0) is 70.8. The number of urea groups is 1. The lowest BCUT2D eigenvalue weighted by molar-refractivity contribution is -0.308. The molecular formula is C69H121N9O17. The van der Waals surface area contributed by atoms with Crippen molar-refractivity contribution in [2.75, 3.05) is 109 Å². The molecule has 0 radical (unpaired) electrons. The lowest BCUT2D eigenvalue weighted by atomic mass is 9.81. The highest BCUT2D eigenvalue weighted by Gasteiger charge is 2.52. The van der Waals surface area contributed by atoms with Crippen LogP contribution in [0.1, 0.15) is 105 Å². The number of nitrogens with zero attached hydrogens (tertiary/aromatic N) is 6. The normalized spacial score (nSPS) is 35.2. The number of esters is 1. The summed E-state index contributed by atoms with van der Waals surface area (Å²) in [5, 5.41) is 125. The molecule has 95 heavy (non-hydrogen) atoms. The Morgan fingerprint density at radius 3 is 1.73 bits per heavy atom. The van der Waals surface area contributed by atoms with Crippen molar-refractivity contribution in [2.24, 2.45) is 22.7 Å². The van der Waals surface area contributed by atoms with Gasteiger partial charge in [0.2, 0.25) is 5.91 Å². The molecule has 0 spiro atoms. The number of ether oxygens (including phenoxy) is 4. The van der Waals surface area contributed by atoms with Gasteiger partial charge in [-0.25, -0.2) is 4.79 Å². The lowest BCUT2D eigenvalue weighted by Gasteiger charge is -2.47. The van der Waals surface area contributed by atoms with E-state index in [1.54, 1.807) is 63.3 Å². The van der Waals surface area contributed by atoms with E-state index in [1.165, 1.54) is 0 Å². The molecule has 3 aliphatic rings. The molecule has 2 bridgehead atoms. The molecule has 3 heterocycles. The molecule has 3 amide bonds. The number of aliphatic imine (C=N–C) groups is 1. The van der Waals surface area contributed by atoms with Crippen LogP contribution in [0, 0.1) is 17.8 Å². The van der Waals surface area contributed by atoms with E-state index in [9.17, 15) is 60.7 Å². The van der Waals surface area contributed by atoms with Gasteiger partial charge in [-0.1, -0.05) is 98.9 Å². The van der Waals surface area contributed by atoms with Crippen molar-refractivity contribution in [3.8, 4) is 0 Å². The molecule has 26 nitrogen and oxygen atoms in total. The molecule has 0 aromatic rings. The first-order valence-corrected chi connectivity index (χ1v) is 33.9. The van der Waals surface area contributed by atoms with Gasteiger partial charge in [-0.3, -0.25) is 19.5 Å². The minimum atomic E-state index is -2.42. The Labute approximate surface area is 565 Å². The number of carbonyl (C=O) groups excluding carboxylic acids is 3. The second kappa shape index (κ2) is 45.0.